The normalized spacial score (nSPS) is 19.3. The zero-order valence-corrected chi connectivity index (χ0v) is 11.9. The lowest BCUT2D eigenvalue weighted by Crippen LogP contribution is -2.43. The first-order chi connectivity index (χ1) is 9.99. The third-order valence-corrected chi connectivity index (χ3v) is 3.81. The highest BCUT2D eigenvalue weighted by molar-refractivity contribution is 6.00. The number of imide groups is 1. The highest BCUT2D eigenvalue weighted by Gasteiger charge is 2.31. The fourth-order valence-electron chi connectivity index (χ4n) is 2.76. The van der Waals surface area contributed by atoms with E-state index in [2.05, 4.69) is 5.32 Å². The van der Waals surface area contributed by atoms with Crippen molar-refractivity contribution in [3.05, 3.63) is 34.3 Å². The number of hydrogen-bond donors (Lipinski definition) is 1. The van der Waals surface area contributed by atoms with Gasteiger partial charge < -0.3 is 4.42 Å². The van der Waals surface area contributed by atoms with Gasteiger partial charge in [0.1, 0.15) is 6.04 Å². The largest absolute Gasteiger partial charge is 0.420 e. The molecule has 1 aliphatic heterocycles. The molecule has 21 heavy (non-hydrogen) atoms. The second kappa shape index (κ2) is 4.87. The van der Waals surface area contributed by atoms with Gasteiger partial charge in [-0.25, -0.2) is 4.79 Å². The Bertz CT molecular complexity index is 785. The Hall–Kier alpha value is -2.37. The lowest BCUT2D eigenvalue weighted by Gasteiger charge is -2.21. The van der Waals surface area contributed by atoms with Crippen molar-refractivity contribution in [1.29, 1.82) is 0 Å². The van der Waals surface area contributed by atoms with Crippen LogP contribution in [0.15, 0.2) is 27.4 Å². The molecule has 1 N–H and O–H groups in total. The summed E-state index contributed by atoms with van der Waals surface area (Å²) in [5.41, 5.74) is 2.04. The topological polar surface area (TPSA) is 81.3 Å². The fourth-order valence-corrected chi connectivity index (χ4v) is 2.76. The maximum Gasteiger partial charge on any atom is 0.420 e. The number of benzene rings is 1. The minimum absolute atomic E-state index is 0.203. The molecule has 0 bridgehead atoms. The van der Waals surface area contributed by atoms with E-state index in [0.29, 0.717) is 17.5 Å². The molecule has 0 aliphatic carbocycles. The molecule has 3 rings (SSSR count). The number of piperidine rings is 1. The SMILES string of the molecule is CC(C)c1cccc2c1oc(=O)n2[C@@H]1CCC(=O)NC1=O. The van der Waals surface area contributed by atoms with Gasteiger partial charge in [-0.05, 0) is 24.0 Å². The van der Waals surface area contributed by atoms with Crippen LogP contribution >= 0.6 is 0 Å². The molecule has 0 saturated carbocycles. The molecule has 1 aliphatic rings. The van der Waals surface area contributed by atoms with Crippen LogP contribution in [0.25, 0.3) is 11.1 Å². The molecule has 1 fully saturated rings. The van der Waals surface area contributed by atoms with Crippen molar-refractivity contribution < 1.29 is 14.0 Å². The summed E-state index contributed by atoms with van der Waals surface area (Å²) >= 11 is 0. The summed E-state index contributed by atoms with van der Waals surface area (Å²) in [5.74, 6) is -1.12. The van der Waals surface area contributed by atoms with Crippen LogP contribution in [0.4, 0.5) is 0 Å². The van der Waals surface area contributed by atoms with E-state index in [1.807, 2.05) is 26.0 Å². The second-order valence-corrected chi connectivity index (χ2v) is 5.56. The smallest absolute Gasteiger partial charge is 0.407 e. The molecule has 2 heterocycles. The summed E-state index contributed by atoms with van der Waals surface area (Å²) in [6.07, 6.45) is 0.532. The molecule has 1 saturated heterocycles. The maximum absolute atomic E-state index is 12.2. The second-order valence-electron chi connectivity index (χ2n) is 5.56. The van der Waals surface area contributed by atoms with Gasteiger partial charge >= 0.3 is 5.76 Å². The number of amides is 2. The van der Waals surface area contributed by atoms with Crippen LogP contribution in [-0.4, -0.2) is 16.4 Å². The number of fused-ring (bicyclic) bond motifs is 1. The Morgan fingerprint density at radius 2 is 2.05 bits per heavy atom. The van der Waals surface area contributed by atoms with Crippen LogP contribution < -0.4 is 11.1 Å². The van der Waals surface area contributed by atoms with E-state index in [0.717, 1.165) is 5.56 Å². The number of rotatable bonds is 2. The van der Waals surface area contributed by atoms with Crippen molar-refractivity contribution in [3.8, 4) is 0 Å². The number of nitrogens with one attached hydrogen (secondary N) is 1. The van der Waals surface area contributed by atoms with E-state index in [1.165, 1.54) is 4.57 Å². The third-order valence-electron chi connectivity index (χ3n) is 3.81. The molecule has 0 radical (unpaired) electrons. The zero-order valence-electron chi connectivity index (χ0n) is 11.9. The van der Waals surface area contributed by atoms with Gasteiger partial charge in [0.25, 0.3) is 0 Å². The number of oxazole rings is 1. The van der Waals surface area contributed by atoms with E-state index in [-0.39, 0.29) is 18.2 Å². The van der Waals surface area contributed by atoms with Gasteiger partial charge in [0.05, 0.1) is 5.52 Å². The fraction of sp³-hybridized carbons (Fsp3) is 0.400. The Kier molecular flexibility index (Phi) is 3.16. The van der Waals surface area contributed by atoms with Crippen molar-refractivity contribution in [2.75, 3.05) is 0 Å². The molecule has 0 spiro atoms. The van der Waals surface area contributed by atoms with Gasteiger partial charge in [-0.2, -0.15) is 0 Å². The maximum atomic E-state index is 12.2. The number of hydrogen-bond acceptors (Lipinski definition) is 4. The van der Waals surface area contributed by atoms with Crippen molar-refractivity contribution in [2.45, 2.75) is 38.6 Å². The summed E-state index contributed by atoms with van der Waals surface area (Å²) in [6.45, 7) is 4.02. The molecule has 1 aromatic heterocycles. The molecule has 2 aromatic rings. The Morgan fingerprint density at radius 3 is 2.71 bits per heavy atom. The quantitative estimate of drug-likeness (QED) is 0.853. The van der Waals surface area contributed by atoms with Crippen LogP contribution in [0.1, 0.15) is 44.2 Å². The number of aromatic nitrogens is 1. The monoisotopic (exact) mass is 288 g/mol. The molecule has 1 aromatic carbocycles. The summed E-state index contributed by atoms with van der Waals surface area (Å²) < 4.78 is 6.71. The number of carbonyl (C=O) groups is 2. The Morgan fingerprint density at radius 1 is 1.29 bits per heavy atom. The first-order valence-corrected chi connectivity index (χ1v) is 6.96. The van der Waals surface area contributed by atoms with E-state index in [4.69, 9.17) is 4.42 Å². The van der Waals surface area contributed by atoms with Crippen molar-refractivity contribution in [2.24, 2.45) is 0 Å². The van der Waals surface area contributed by atoms with Gasteiger partial charge in [0.15, 0.2) is 5.58 Å². The average Bonchev–Trinajstić information content (AvgIpc) is 2.74. The summed E-state index contributed by atoms with van der Waals surface area (Å²) in [4.78, 5) is 35.4. The van der Waals surface area contributed by atoms with Gasteiger partial charge in [-0.1, -0.05) is 26.0 Å². The number of para-hydroxylation sites is 1. The van der Waals surface area contributed by atoms with E-state index in [9.17, 15) is 14.4 Å². The lowest BCUT2D eigenvalue weighted by molar-refractivity contribution is -0.135. The van der Waals surface area contributed by atoms with Crippen LogP contribution in [0.2, 0.25) is 0 Å². The van der Waals surface area contributed by atoms with Crippen LogP contribution in [-0.2, 0) is 9.59 Å². The van der Waals surface area contributed by atoms with E-state index in [1.54, 1.807) is 6.07 Å². The predicted octanol–water partition coefficient (Wildman–Crippen LogP) is 1.70. The summed E-state index contributed by atoms with van der Waals surface area (Å²) in [7, 11) is 0. The van der Waals surface area contributed by atoms with E-state index >= 15 is 0 Å². The highest BCUT2D eigenvalue weighted by atomic mass is 16.4. The molecule has 6 heteroatoms. The zero-order chi connectivity index (χ0) is 15.1. The summed E-state index contributed by atoms with van der Waals surface area (Å²) in [5, 5.41) is 2.27. The number of carbonyl (C=O) groups excluding carboxylic acids is 2. The van der Waals surface area contributed by atoms with E-state index < -0.39 is 17.7 Å². The van der Waals surface area contributed by atoms with Gasteiger partial charge in [0.2, 0.25) is 11.8 Å². The Labute approximate surface area is 120 Å². The first-order valence-electron chi connectivity index (χ1n) is 6.96. The first kappa shape index (κ1) is 13.6. The molecular formula is C15H16N2O4. The number of nitrogens with zero attached hydrogens (tertiary/aromatic N) is 1. The molecule has 0 unspecified atom stereocenters. The molecule has 6 nitrogen and oxygen atoms in total. The van der Waals surface area contributed by atoms with Gasteiger partial charge in [0, 0.05) is 6.42 Å². The molecular weight excluding hydrogens is 272 g/mol. The van der Waals surface area contributed by atoms with Crippen molar-refractivity contribution >= 4 is 22.9 Å². The molecule has 2 amide bonds. The van der Waals surface area contributed by atoms with Gasteiger partial charge in [-0.3, -0.25) is 19.5 Å². The third kappa shape index (κ3) is 2.16. The predicted molar refractivity (Wildman–Crippen MR) is 76.0 cm³/mol. The van der Waals surface area contributed by atoms with Gasteiger partial charge in [-0.15, -0.1) is 0 Å². The van der Waals surface area contributed by atoms with Crippen LogP contribution in [0, 0.1) is 0 Å². The van der Waals surface area contributed by atoms with Crippen LogP contribution in [0.5, 0.6) is 0 Å². The average molecular weight is 288 g/mol. The van der Waals surface area contributed by atoms with Crippen molar-refractivity contribution in [3.63, 3.8) is 0 Å². The Balaban J connectivity index is 2.18. The molecule has 110 valence electrons. The van der Waals surface area contributed by atoms with Crippen LogP contribution in [0.3, 0.4) is 0 Å². The standard InChI is InChI=1S/C15H16N2O4/c1-8(2)9-4-3-5-10-13(9)21-15(20)17(10)11-6-7-12(18)16-14(11)19/h3-5,8,11H,6-7H2,1-2H3,(H,16,18,19)/t11-/m1/s1. The highest BCUT2D eigenvalue weighted by Crippen LogP contribution is 2.28. The minimum atomic E-state index is -0.695. The van der Waals surface area contributed by atoms with Crippen molar-refractivity contribution in [1.82, 2.24) is 9.88 Å². The lowest BCUT2D eigenvalue weighted by atomic mass is 10.0. The summed E-state index contributed by atoms with van der Waals surface area (Å²) in [6, 6.07) is 4.81. The minimum Gasteiger partial charge on any atom is -0.407 e. The molecule has 1 atom stereocenters.